The van der Waals surface area contributed by atoms with Crippen molar-refractivity contribution in [1.29, 1.82) is 0 Å². The largest absolute Gasteiger partial charge is 0.483 e. The minimum absolute atomic E-state index is 0.233. The number of amides is 2. The van der Waals surface area contributed by atoms with Crippen LogP contribution in [0.3, 0.4) is 0 Å². The highest BCUT2D eigenvalue weighted by Gasteiger charge is 2.17. The zero-order chi connectivity index (χ0) is 19.1. The number of halogens is 2. The maximum absolute atomic E-state index is 12.0. The number of ether oxygens (including phenoxy) is 2. The van der Waals surface area contributed by atoms with Gasteiger partial charge < -0.3 is 9.47 Å². The van der Waals surface area contributed by atoms with E-state index < -0.39 is 17.9 Å². The molecule has 0 aromatic heterocycles. The molecule has 6 nitrogen and oxygen atoms in total. The summed E-state index contributed by atoms with van der Waals surface area (Å²) in [6.45, 7) is 3.16. The molecule has 2 N–H and O–H groups in total. The highest BCUT2D eigenvalue weighted by atomic mass is 35.5. The predicted molar refractivity (Wildman–Crippen MR) is 99.5 cm³/mol. The molecule has 2 rings (SSSR count). The van der Waals surface area contributed by atoms with E-state index in [4.69, 9.17) is 32.7 Å². The molecule has 0 fully saturated rings. The van der Waals surface area contributed by atoms with Gasteiger partial charge in [-0.25, -0.2) is 0 Å². The van der Waals surface area contributed by atoms with Gasteiger partial charge in [-0.05, 0) is 43.7 Å². The number of hydrogen-bond acceptors (Lipinski definition) is 4. The Morgan fingerprint density at radius 1 is 1.08 bits per heavy atom. The van der Waals surface area contributed by atoms with Crippen LogP contribution in [0.1, 0.15) is 12.5 Å². The summed E-state index contributed by atoms with van der Waals surface area (Å²) in [7, 11) is 0. The van der Waals surface area contributed by atoms with Crippen molar-refractivity contribution in [2.45, 2.75) is 20.0 Å². The van der Waals surface area contributed by atoms with E-state index in [1.54, 1.807) is 18.2 Å². The lowest BCUT2D eigenvalue weighted by Gasteiger charge is -2.16. The summed E-state index contributed by atoms with van der Waals surface area (Å²) in [5, 5.41) is 0.744. The topological polar surface area (TPSA) is 76.7 Å². The van der Waals surface area contributed by atoms with Crippen LogP contribution in [-0.4, -0.2) is 24.5 Å². The van der Waals surface area contributed by atoms with Crippen LogP contribution in [0.4, 0.5) is 0 Å². The molecule has 2 aromatic rings. The van der Waals surface area contributed by atoms with Crippen molar-refractivity contribution >= 4 is 35.0 Å². The van der Waals surface area contributed by atoms with Gasteiger partial charge in [0, 0.05) is 5.02 Å². The van der Waals surface area contributed by atoms with E-state index >= 15 is 0 Å². The summed E-state index contributed by atoms with van der Waals surface area (Å²) in [6, 6.07) is 12.0. The van der Waals surface area contributed by atoms with Crippen molar-refractivity contribution in [3.63, 3.8) is 0 Å². The van der Waals surface area contributed by atoms with Gasteiger partial charge in [0.25, 0.3) is 11.8 Å². The summed E-state index contributed by atoms with van der Waals surface area (Å²) in [6.07, 6.45) is -0.883. The summed E-state index contributed by atoms with van der Waals surface area (Å²) in [4.78, 5) is 23.8. The average molecular weight is 397 g/mol. The smallest absolute Gasteiger partial charge is 0.279 e. The SMILES string of the molecule is Cc1ccccc1OCC(=O)NNC(=O)[C@H](C)Oc1ccc(Cl)cc1Cl. The van der Waals surface area contributed by atoms with Gasteiger partial charge >= 0.3 is 0 Å². The average Bonchev–Trinajstić information content (AvgIpc) is 2.61. The molecule has 0 bridgehead atoms. The molecule has 26 heavy (non-hydrogen) atoms. The van der Waals surface area contributed by atoms with Crippen molar-refractivity contribution in [2.75, 3.05) is 6.61 Å². The van der Waals surface area contributed by atoms with E-state index in [0.717, 1.165) is 5.56 Å². The van der Waals surface area contributed by atoms with Gasteiger partial charge in [-0.2, -0.15) is 0 Å². The van der Waals surface area contributed by atoms with Crippen LogP contribution in [0.25, 0.3) is 0 Å². The number of nitrogens with one attached hydrogen (secondary N) is 2. The third-order valence-electron chi connectivity index (χ3n) is 3.34. The van der Waals surface area contributed by atoms with E-state index in [-0.39, 0.29) is 11.6 Å². The van der Waals surface area contributed by atoms with Gasteiger partial charge in [0.05, 0.1) is 5.02 Å². The fourth-order valence-electron chi connectivity index (χ4n) is 1.95. The Hall–Kier alpha value is -2.44. The van der Waals surface area contributed by atoms with E-state index in [2.05, 4.69) is 10.9 Å². The molecule has 0 saturated heterocycles. The Labute approximate surface area is 161 Å². The number of benzene rings is 2. The van der Waals surface area contributed by atoms with Gasteiger partial charge in [-0.1, -0.05) is 41.4 Å². The monoisotopic (exact) mass is 396 g/mol. The minimum Gasteiger partial charge on any atom is -0.483 e. The zero-order valence-corrected chi connectivity index (χ0v) is 15.7. The Balaban J connectivity index is 1.78. The Kier molecular flexibility index (Phi) is 7.12. The summed E-state index contributed by atoms with van der Waals surface area (Å²) in [5.41, 5.74) is 5.45. The van der Waals surface area contributed by atoms with Crippen molar-refractivity contribution in [3.05, 3.63) is 58.1 Å². The van der Waals surface area contributed by atoms with Gasteiger partial charge in [-0.15, -0.1) is 0 Å². The first-order valence-corrected chi connectivity index (χ1v) is 8.51. The first kappa shape index (κ1) is 19.9. The molecule has 138 valence electrons. The summed E-state index contributed by atoms with van der Waals surface area (Å²) >= 11 is 11.8. The van der Waals surface area contributed by atoms with E-state index in [1.807, 2.05) is 25.1 Å². The molecule has 0 aliphatic carbocycles. The summed E-state index contributed by atoms with van der Waals surface area (Å²) < 4.78 is 10.8. The molecule has 0 aliphatic rings. The molecule has 2 aromatic carbocycles. The Morgan fingerprint density at radius 2 is 1.81 bits per heavy atom. The lowest BCUT2D eigenvalue weighted by Crippen LogP contribution is -2.48. The maximum atomic E-state index is 12.0. The van der Waals surface area contributed by atoms with E-state index in [0.29, 0.717) is 16.5 Å². The normalized spacial score (nSPS) is 11.4. The van der Waals surface area contributed by atoms with Gasteiger partial charge in [-0.3, -0.25) is 20.4 Å². The molecule has 8 heteroatoms. The van der Waals surface area contributed by atoms with Crippen LogP contribution in [0, 0.1) is 6.92 Å². The molecule has 1 atom stereocenters. The fraction of sp³-hybridized carbons (Fsp3) is 0.222. The van der Waals surface area contributed by atoms with Crippen molar-refractivity contribution in [1.82, 2.24) is 10.9 Å². The molecule has 0 heterocycles. The molecule has 0 aliphatic heterocycles. The lowest BCUT2D eigenvalue weighted by molar-refractivity contribution is -0.133. The molecule has 2 amide bonds. The van der Waals surface area contributed by atoms with Crippen LogP contribution in [0.5, 0.6) is 11.5 Å². The van der Waals surface area contributed by atoms with Crippen molar-refractivity contribution in [2.24, 2.45) is 0 Å². The van der Waals surface area contributed by atoms with E-state index in [9.17, 15) is 9.59 Å². The Bertz CT molecular complexity index is 799. The predicted octanol–water partition coefficient (Wildman–Crippen LogP) is 3.30. The fourth-order valence-corrected chi connectivity index (χ4v) is 2.40. The number of rotatable bonds is 6. The second-order valence-corrected chi connectivity index (χ2v) is 6.27. The number of aryl methyl sites for hydroxylation is 1. The van der Waals surface area contributed by atoms with Crippen LogP contribution in [0.2, 0.25) is 10.0 Å². The van der Waals surface area contributed by atoms with Crippen molar-refractivity contribution in [3.8, 4) is 11.5 Å². The highest BCUT2D eigenvalue weighted by molar-refractivity contribution is 6.35. The quantitative estimate of drug-likeness (QED) is 0.734. The van der Waals surface area contributed by atoms with Gasteiger partial charge in [0.1, 0.15) is 11.5 Å². The molecule has 0 spiro atoms. The van der Waals surface area contributed by atoms with E-state index in [1.165, 1.54) is 13.0 Å². The zero-order valence-electron chi connectivity index (χ0n) is 14.2. The van der Waals surface area contributed by atoms with Crippen LogP contribution in [0.15, 0.2) is 42.5 Å². The summed E-state index contributed by atoms with van der Waals surface area (Å²) in [5.74, 6) is -0.130. The van der Waals surface area contributed by atoms with Crippen LogP contribution >= 0.6 is 23.2 Å². The first-order chi connectivity index (χ1) is 12.4. The number of hydrazine groups is 1. The molecule has 0 unspecified atom stereocenters. The lowest BCUT2D eigenvalue weighted by atomic mass is 10.2. The van der Waals surface area contributed by atoms with Gasteiger partial charge in [0.2, 0.25) is 0 Å². The molecule has 0 saturated carbocycles. The molecular formula is C18H18Cl2N2O4. The third-order valence-corrected chi connectivity index (χ3v) is 3.87. The number of carbonyl (C=O) groups excluding carboxylic acids is 2. The van der Waals surface area contributed by atoms with Crippen LogP contribution in [-0.2, 0) is 9.59 Å². The maximum Gasteiger partial charge on any atom is 0.279 e. The second kappa shape index (κ2) is 9.31. The molecule has 0 radical (unpaired) electrons. The Morgan fingerprint density at radius 3 is 2.50 bits per heavy atom. The second-order valence-electron chi connectivity index (χ2n) is 5.43. The standard InChI is InChI=1S/C18H18Cl2N2O4/c1-11-5-3-4-6-15(11)25-10-17(23)21-22-18(24)12(2)26-16-8-7-13(19)9-14(16)20/h3-9,12H,10H2,1-2H3,(H,21,23)(H,22,24)/t12-/m0/s1. The highest BCUT2D eigenvalue weighted by Crippen LogP contribution is 2.28. The minimum atomic E-state index is -0.883. The molecular weight excluding hydrogens is 379 g/mol. The number of carbonyl (C=O) groups is 2. The third kappa shape index (κ3) is 5.82. The van der Waals surface area contributed by atoms with Crippen molar-refractivity contribution < 1.29 is 19.1 Å². The van der Waals surface area contributed by atoms with Gasteiger partial charge in [0.15, 0.2) is 12.7 Å². The van der Waals surface area contributed by atoms with Crippen LogP contribution < -0.4 is 20.3 Å². The first-order valence-electron chi connectivity index (χ1n) is 7.75. The number of hydrogen-bond donors (Lipinski definition) is 2. The number of para-hydroxylation sites is 1.